The summed E-state index contributed by atoms with van der Waals surface area (Å²) in [5.74, 6) is 2.61. The molecule has 0 saturated carbocycles. The first kappa shape index (κ1) is 15.8. The standard InChI is InChI=1S/C16H17NO2S2/c18-16(8-11-21-15-6-2-1-3-7-15)17-9-12-20-13-14-5-4-10-19-14/h1-8,10-11H,9,12-13H2,(H,17,18). The van der Waals surface area contributed by atoms with E-state index >= 15 is 0 Å². The van der Waals surface area contributed by atoms with Crippen molar-refractivity contribution in [1.29, 1.82) is 0 Å². The number of rotatable bonds is 8. The van der Waals surface area contributed by atoms with Gasteiger partial charge in [0.2, 0.25) is 5.91 Å². The lowest BCUT2D eigenvalue weighted by atomic mass is 10.4. The van der Waals surface area contributed by atoms with Crippen LogP contribution in [0.4, 0.5) is 0 Å². The van der Waals surface area contributed by atoms with Gasteiger partial charge >= 0.3 is 0 Å². The molecule has 1 N–H and O–H groups in total. The Labute approximate surface area is 133 Å². The summed E-state index contributed by atoms with van der Waals surface area (Å²) < 4.78 is 5.23. The zero-order chi connectivity index (χ0) is 14.8. The number of carbonyl (C=O) groups excluding carboxylic acids is 1. The van der Waals surface area contributed by atoms with E-state index in [1.807, 2.05) is 42.5 Å². The summed E-state index contributed by atoms with van der Waals surface area (Å²) >= 11 is 3.27. The third kappa shape index (κ3) is 6.60. The van der Waals surface area contributed by atoms with Crippen LogP contribution < -0.4 is 5.32 Å². The molecule has 1 aromatic carbocycles. The van der Waals surface area contributed by atoms with Crippen molar-refractivity contribution in [1.82, 2.24) is 5.32 Å². The molecule has 1 amide bonds. The van der Waals surface area contributed by atoms with Crippen LogP contribution in [-0.4, -0.2) is 18.2 Å². The van der Waals surface area contributed by atoms with Crippen molar-refractivity contribution < 1.29 is 9.21 Å². The van der Waals surface area contributed by atoms with E-state index in [-0.39, 0.29) is 5.91 Å². The summed E-state index contributed by atoms with van der Waals surface area (Å²) in [6.07, 6.45) is 3.24. The molecule has 0 bridgehead atoms. The molecule has 5 heteroatoms. The molecule has 0 aliphatic rings. The van der Waals surface area contributed by atoms with Crippen molar-refractivity contribution in [2.45, 2.75) is 10.6 Å². The first-order chi connectivity index (χ1) is 10.3. The van der Waals surface area contributed by atoms with E-state index in [0.29, 0.717) is 6.54 Å². The average molecular weight is 319 g/mol. The van der Waals surface area contributed by atoms with Crippen LogP contribution in [0.5, 0.6) is 0 Å². The van der Waals surface area contributed by atoms with Gasteiger partial charge in [-0.1, -0.05) is 30.0 Å². The summed E-state index contributed by atoms with van der Waals surface area (Å²) in [4.78, 5) is 12.7. The SMILES string of the molecule is O=C(C=CSc1ccccc1)NCCSCc1ccco1. The topological polar surface area (TPSA) is 42.2 Å². The molecule has 0 saturated heterocycles. The lowest BCUT2D eigenvalue weighted by Gasteiger charge is -2.01. The monoisotopic (exact) mass is 319 g/mol. The Morgan fingerprint density at radius 2 is 2.05 bits per heavy atom. The third-order valence-corrected chi connectivity index (χ3v) is 4.33. The molecule has 0 aliphatic carbocycles. The molecule has 0 atom stereocenters. The van der Waals surface area contributed by atoms with Gasteiger partial charge in [0.25, 0.3) is 0 Å². The van der Waals surface area contributed by atoms with Crippen LogP contribution in [0.3, 0.4) is 0 Å². The zero-order valence-corrected chi connectivity index (χ0v) is 13.2. The van der Waals surface area contributed by atoms with Gasteiger partial charge in [0.1, 0.15) is 5.76 Å². The van der Waals surface area contributed by atoms with Crippen LogP contribution in [0, 0.1) is 0 Å². The van der Waals surface area contributed by atoms with Crippen LogP contribution in [-0.2, 0) is 10.5 Å². The number of carbonyl (C=O) groups is 1. The fourth-order valence-corrected chi connectivity index (χ4v) is 2.97. The molecule has 0 spiro atoms. The molecule has 0 fully saturated rings. The second-order valence-corrected chi connectivity index (χ2v) is 6.24. The maximum atomic E-state index is 11.6. The molecule has 2 rings (SSSR count). The van der Waals surface area contributed by atoms with Crippen LogP contribution in [0.1, 0.15) is 5.76 Å². The Bertz CT molecular complexity index is 553. The molecule has 21 heavy (non-hydrogen) atoms. The highest BCUT2D eigenvalue weighted by Crippen LogP contribution is 2.17. The van der Waals surface area contributed by atoms with Gasteiger partial charge in [-0.05, 0) is 29.7 Å². The van der Waals surface area contributed by atoms with E-state index in [1.54, 1.807) is 29.5 Å². The predicted molar refractivity (Wildman–Crippen MR) is 89.3 cm³/mol. The number of thioether (sulfide) groups is 2. The predicted octanol–water partition coefficient (Wildman–Crippen LogP) is 3.94. The van der Waals surface area contributed by atoms with E-state index in [1.165, 1.54) is 11.8 Å². The number of hydrogen-bond acceptors (Lipinski definition) is 4. The lowest BCUT2D eigenvalue weighted by Crippen LogP contribution is -2.23. The van der Waals surface area contributed by atoms with E-state index in [0.717, 1.165) is 22.2 Å². The first-order valence-electron chi connectivity index (χ1n) is 6.61. The first-order valence-corrected chi connectivity index (χ1v) is 8.64. The second-order valence-electron chi connectivity index (χ2n) is 4.16. The Hall–Kier alpha value is -1.59. The van der Waals surface area contributed by atoms with Gasteiger partial charge in [0.15, 0.2) is 0 Å². The Balaban J connectivity index is 1.55. The van der Waals surface area contributed by atoms with Crippen molar-refractivity contribution in [2.24, 2.45) is 0 Å². The highest BCUT2D eigenvalue weighted by atomic mass is 32.2. The Morgan fingerprint density at radius 3 is 2.81 bits per heavy atom. The Kier molecular flexibility index (Phi) is 7.04. The normalized spacial score (nSPS) is 10.9. The minimum atomic E-state index is -0.0583. The molecule has 2 aromatic rings. The van der Waals surface area contributed by atoms with Crippen molar-refractivity contribution in [3.63, 3.8) is 0 Å². The molecule has 0 unspecified atom stereocenters. The Morgan fingerprint density at radius 1 is 1.19 bits per heavy atom. The number of nitrogens with one attached hydrogen (secondary N) is 1. The van der Waals surface area contributed by atoms with E-state index in [9.17, 15) is 4.79 Å². The molecule has 110 valence electrons. The molecule has 1 heterocycles. The number of furan rings is 1. The zero-order valence-electron chi connectivity index (χ0n) is 11.5. The molecule has 0 aliphatic heterocycles. The average Bonchev–Trinajstić information content (AvgIpc) is 3.01. The summed E-state index contributed by atoms with van der Waals surface area (Å²) in [6, 6.07) is 13.8. The van der Waals surface area contributed by atoms with Gasteiger partial charge in [-0.2, -0.15) is 11.8 Å². The minimum Gasteiger partial charge on any atom is -0.468 e. The minimum absolute atomic E-state index is 0.0583. The lowest BCUT2D eigenvalue weighted by molar-refractivity contribution is -0.116. The summed E-state index contributed by atoms with van der Waals surface area (Å²) in [6.45, 7) is 0.657. The van der Waals surface area contributed by atoms with E-state index in [2.05, 4.69) is 5.32 Å². The fourth-order valence-electron chi connectivity index (χ4n) is 1.55. The van der Waals surface area contributed by atoms with Crippen molar-refractivity contribution in [3.8, 4) is 0 Å². The van der Waals surface area contributed by atoms with Crippen LogP contribution in [0.25, 0.3) is 0 Å². The number of hydrogen-bond donors (Lipinski definition) is 1. The molecule has 0 radical (unpaired) electrons. The fraction of sp³-hybridized carbons (Fsp3) is 0.188. The third-order valence-electron chi connectivity index (χ3n) is 2.54. The van der Waals surface area contributed by atoms with Crippen LogP contribution in [0.15, 0.2) is 69.5 Å². The maximum Gasteiger partial charge on any atom is 0.244 e. The summed E-state index contributed by atoms with van der Waals surface area (Å²) in [5.41, 5.74) is 0. The smallest absolute Gasteiger partial charge is 0.244 e. The van der Waals surface area contributed by atoms with Gasteiger partial charge in [-0.25, -0.2) is 0 Å². The van der Waals surface area contributed by atoms with Crippen molar-refractivity contribution in [2.75, 3.05) is 12.3 Å². The van der Waals surface area contributed by atoms with Crippen molar-refractivity contribution >= 4 is 29.4 Å². The van der Waals surface area contributed by atoms with Gasteiger partial charge in [-0.3, -0.25) is 4.79 Å². The van der Waals surface area contributed by atoms with E-state index < -0.39 is 0 Å². The van der Waals surface area contributed by atoms with E-state index in [4.69, 9.17) is 4.42 Å². The number of amides is 1. The largest absolute Gasteiger partial charge is 0.468 e. The second kappa shape index (κ2) is 9.37. The quantitative estimate of drug-likeness (QED) is 0.455. The highest BCUT2D eigenvalue weighted by molar-refractivity contribution is 8.02. The molecular weight excluding hydrogens is 302 g/mol. The highest BCUT2D eigenvalue weighted by Gasteiger charge is 1.97. The van der Waals surface area contributed by atoms with Gasteiger partial charge in [0.05, 0.1) is 12.0 Å². The molecule has 1 aromatic heterocycles. The van der Waals surface area contributed by atoms with Gasteiger partial charge in [-0.15, -0.1) is 0 Å². The van der Waals surface area contributed by atoms with Gasteiger partial charge < -0.3 is 9.73 Å². The van der Waals surface area contributed by atoms with Crippen LogP contribution >= 0.6 is 23.5 Å². The number of benzene rings is 1. The summed E-state index contributed by atoms with van der Waals surface area (Å²) in [7, 11) is 0. The van der Waals surface area contributed by atoms with Gasteiger partial charge in [0, 0.05) is 23.3 Å². The van der Waals surface area contributed by atoms with Crippen molar-refractivity contribution in [3.05, 3.63) is 66.0 Å². The summed E-state index contributed by atoms with van der Waals surface area (Å²) in [5, 5.41) is 4.66. The molecular formula is C16H17NO2S2. The maximum absolute atomic E-state index is 11.6. The van der Waals surface area contributed by atoms with Crippen LogP contribution in [0.2, 0.25) is 0 Å². The molecule has 3 nitrogen and oxygen atoms in total.